The van der Waals surface area contributed by atoms with Gasteiger partial charge >= 0.3 is 0 Å². The Hall–Kier alpha value is -3.02. The first-order chi connectivity index (χ1) is 11.5. The van der Waals surface area contributed by atoms with Crippen molar-refractivity contribution in [1.29, 1.82) is 5.26 Å². The van der Waals surface area contributed by atoms with E-state index in [0.29, 0.717) is 11.1 Å². The number of nitrogens with one attached hydrogen (secondary N) is 2. The van der Waals surface area contributed by atoms with Crippen LogP contribution in [0, 0.1) is 11.3 Å². The second-order valence-corrected chi connectivity index (χ2v) is 6.43. The lowest BCUT2D eigenvalue weighted by atomic mass is 10.2. The Morgan fingerprint density at radius 3 is 2.42 bits per heavy atom. The van der Waals surface area contributed by atoms with Crippen molar-refractivity contribution in [3.8, 4) is 6.07 Å². The van der Waals surface area contributed by atoms with Crippen molar-refractivity contribution in [3.63, 3.8) is 0 Å². The van der Waals surface area contributed by atoms with Gasteiger partial charge in [-0.15, -0.1) is 0 Å². The summed E-state index contributed by atoms with van der Waals surface area (Å²) >= 11 is 0. The molecule has 2 aromatic carbocycles. The summed E-state index contributed by atoms with van der Waals surface area (Å²) < 4.78 is 26.1. The van der Waals surface area contributed by atoms with E-state index in [9.17, 15) is 13.2 Å². The molecule has 0 radical (unpaired) electrons. The Morgan fingerprint density at radius 1 is 1.12 bits per heavy atom. The Balaban J connectivity index is 1.85. The van der Waals surface area contributed by atoms with Crippen molar-refractivity contribution in [2.45, 2.75) is 4.90 Å². The van der Waals surface area contributed by atoms with E-state index >= 15 is 0 Å². The molecule has 8 heteroatoms. The number of carbonyl (C=O) groups is 1. The van der Waals surface area contributed by atoms with Crippen LogP contribution < -0.4 is 10.1 Å². The molecule has 0 aromatic heterocycles. The van der Waals surface area contributed by atoms with Gasteiger partial charge in [-0.2, -0.15) is 10.4 Å². The lowest BCUT2D eigenvalue weighted by Gasteiger charge is -2.05. The summed E-state index contributed by atoms with van der Waals surface area (Å²) in [5.41, 5.74) is 3.44. The second kappa shape index (κ2) is 8.01. The number of hydrogen-bond donors (Lipinski definition) is 2. The standard InChI is InChI=1S/C16H14N4O3S/c17-10-13-6-8-14(9-7-13)11-18-20-16(21)12-19-24(22,23)15-4-2-1-3-5-15/h1-9,11,19H,12H2,(H,20,21)/b18-11-. The van der Waals surface area contributed by atoms with Crippen LogP contribution in [0.3, 0.4) is 0 Å². The lowest BCUT2D eigenvalue weighted by Crippen LogP contribution is -2.34. The molecule has 0 aliphatic carbocycles. The maximum absolute atomic E-state index is 11.9. The predicted octanol–water partition coefficient (Wildman–Crippen LogP) is 0.987. The number of benzene rings is 2. The first-order valence-electron chi connectivity index (χ1n) is 6.88. The summed E-state index contributed by atoms with van der Waals surface area (Å²) in [6.45, 7) is -0.429. The quantitative estimate of drug-likeness (QED) is 0.602. The van der Waals surface area contributed by atoms with Crippen LogP contribution >= 0.6 is 0 Å². The molecule has 0 aliphatic rings. The number of nitrogens with zero attached hydrogens (tertiary/aromatic N) is 2. The molecular weight excluding hydrogens is 328 g/mol. The largest absolute Gasteiger partial charge is 0.272 e. The molecule has 0 bridgehead atoms. The van der Waals surface area contributed by atoms with Crippen LogP contribution in [-0.4, -0.2) is 27.1 Å². The van der Waals surface area contributed by atoms with Gasteiger partial charge in [-0.05, 0) is 29.8 Å². The van der Waals surface area contributed by atoms with E-state index in [1.807, 2.05) is 6.07 Å². The molecule has 2 N–H and O–H groups in total. The van der Waals surface area contributed by atoms with E-state index in [2.05, 4.69) is 15.2 Å². The molecule has 0 heterocycles. The van der Waals surface area contributed by atoms with Crippen LogP contribution in [0.5, 0.6) is 0 Å². The molecule has 0 spiro atoms. The van der Waals surface area contributed by atoms with E-state index in [-0.39, 0.29) is 4.90 Å². The van der Waals surface area contributed by atoms with Crippen molar-refractivity contribution in [3.05, 3.63) is 65.7 Å². The predicted molar refractivity (Wildman–Crippen MR) is 88.5 cm³/mol. The van der Waals surface area contributed by atoms with Crippen LogP contribution in [0.25, 0.3) is 0 Å². The molecule has 122 valence electrons. The highest BCUT2D eigenvalue weighted by Gasteiger charge is 2.14. The number of rotatable bonds is 6. The fraction of sp³-hybridized carbons (Fsp3) is 0.0625. The van der Waals surface area contributed by atoms with Gasteiger partial charge in [-0.3, -0.25) is 4.79 Å². The second-order valence-electron chi connectivity index (χ2n) is 4.66. The molecule has 1 amide bonds. The van der Waals surface area contributed by atoms with Gasteiger partial charge in [0.15, 0.2) is 0 Å². The van der Waals surface area contributed by atoms with Crippen LogP contribution in [0.2, 0.25) is 0 Å². The first kappa shape index (κ1) is 17.3. The minimum atomic E-state index is -3.73. The SMILES string of the molecule is N#Cc1ccc(/C=N\NC(=O)CNS(=O)(=O)c2ccccc2)cc1. The summed E-state index contributed by atoms with van der Waals surface area (Å²) in [6, 6.07) is 16.3. The lowest BCUT2D eigenvalue weighted by molar-refractivity contribution is -0.119. The van der Waals surface area contributed by atoms with Crippen molar-refractivity contribution in [2.75, 3.05) is 6.54 Å². The number of hydrazone groups is 1. The summed E-state index contributed by atoms with van der Waals surface area (Å²) in [5, 5.41) is 12.4. The Kier molecular flexibility index (Phi) is 5.78. The average Bonchev–Trinajstić information content (AvgIpc) is 2.61. The molecule has 0 fully saturated rings. The van der Waals surface area contributed by atoms with Crippen LogP contribution in [0.15, 0.2) is 64.6 Å². The zero-order chi connectivity index (χ0) is 17.4. The number of amides is 1. The molecule has 0 saturated carbocycles. The van der Waals surface area contributed by atoms with Crippen molar-refractivity contribution < 1.29 is 13.2 Å². The highest BCUT2D eigenvalue weighted by molar-refractivity contribution is 7.89. The van der Waals surface area contributed by atoms with Gasteiger partial charge in [0.2, 0.25) is 10.0 Å². The third-order valence-corrected chi connectivity index (χ3v) is 4.34. The fourth-order valence-corrected chi connectivity index (χ4v) is 2.71. The molecule has 0 unspecified atom stereocenters. The Morgan fingerprint density at radius 2 is 1.79 bits per heavy atom. The van der Waals surface area contributed by atoms with E-state index < -0.39 is 22.5 Å². The first-order valence-corrected chi connectivity index (χ1v) is 8.36. The normalized spacial score (nSPS) is 11.1. The van der Waals surface area contributed by atoms with Gasteiger partial charge in [-0.1, -0.05) is 30.3 Å². The zero-order valence-electron chi connectivity index (χ0n) is 12.5. The van der Waals surface area contributed by atoms with E-state index in [1.54, 1.807) is 42.5 Å². The van der Waals surface area contributed by atoms with Gasteiger partial charge in [-0.25, -0.2) is 18.6 Å². The van der Waals surface area contributed by atoms with Crippen LogP contribution in [0.1, 0.15) is 11.1 Å². The summed E-state index contributed by atoms with van der Waals surface area (Å²) in [7, 11) is -3.73. The number of sulfonamides is 1. The molecule has 0 atom stereocenters. The average molecular weight is 342 g/mol. The molecular formula is C16H14N4O3S. The van der Waals surface area contributed by atoms with Gasteiger partial charge in [0.05, 0.1) is 29.3 Å². The van der Waals surface area contributed by atoms with Gasteiger partial charge < -0.3 is 0 Å². The molecule has 0 saturated heterocycles. The number of nitriles is 1. The van der Waals surface area contributed by atoms with Gasteiger partial charge in [0, 0.05) is 0 Å². The highest BCUT2D eigenvalue weighted by Crippen LogP contribution is 2.06. The third-order valence-electron chi connectivity index (χ3n) is 2.92. The molecule has 7 nitrogen and oxygen atoms in total. The molecule has 24 heavy (non-hydrogen) atoms. The third kappa shape index (κ3) is 5.01. The topological polar surface area (TPSA) is 111 Å². The fourth-order valence-electron chi connectivity index (χ4n) is 1.71. The van der Waals surface area contributed by atoms with Crippen molar-refractivity contribution in [2.24, 2.45) is 5.10 Å². The molecule has 0 aliphatic heterocycles. The van der Waals surface area contributed by atoms with E-state index in [4.69, 9.17) is 5.26 Å². The number of carbonyl (C=O) groups excluding carboxylic acids is 1. The van der Waals surface area contributed by atoms with E-state index in [1.165, 1.54) is 18.3 Å². The summed E-state index contributed by atoms with van der Waals surface area (Å²) in [5.74, 6) is -0.598. The zero-order valence-corrected chi connectivity index (χ0v) is 13.3. The van der Waals surface area contributed by atoms with Gasteiger partial charge in [0.25, 0.3) is 5.91 Å². The summed E-state index contributed by atoms with van der Waals surface area (Å²) in [4.78, 5) is 11.7. The van der Waals surface area contributed by atoms with Crippen molar-refractivity contribution in [1.82, 2.24) is 10.1 Å². The smallest absolute Gasteiger partial charge is 0.255 e. The minimum Gasteiger partial charge on any atom is -0.272 e. The van der Waals surface area contributed by atoms with Crippen molar-refractivity contribution >= 4 is 22.1 Å². The minimum absolute atomic E-state index is 0.0823. The Labute approximate surface area is 139 Å². The monoisotopic (exact) mass is 342 g/mol. The molecule has 2 rings (SSSR count). The maximum Gasteiger partial charge on any atom is 0.255 e. The van der Waals surface area contributed by atoms with Gasteiger partial charge in [0.1, 0.15) is 0 Å². The Bertz CT molecular complexity index is 870. The van der Waals surface area contributed by atoms with E-state index in [0.717, 1.165) is 0 Å². The molecule has 2 aromatic rings. The number of hydrogen-bond acceptors (Lipinski definition) is 5. The van der Waals surface area contributed by atoms with Crippen LogP contribution in [0.4, 0.5) is 0 Å². The van der Waals surface area contributed by atoms with Crippen LogP contribution in [-0.2, 0) is 14.8 Å². The highest BCUT2D eigenvalue weighted by atomic mass is 32.2. The maximum atomic E-state index is 11.9. The summed E-state index contributed by atoms with van der Waals surface area (Å²) in [6.07, 6.45) is 1.39.